The summed E-state index contributed by atoms with van der Waals surface area (Å²) in [6.07, 6.45) is 1.86. The van der Waals surface area contributed by atoms with Crippen molar-refractivity contribution in [3.8, 4) is 16.9 Å². The van der Waals surface area contributed by atoms with E-state index < -0.39 is 0 Å². The molecule has 2 aromatic heterocycles. The van der Waals surface area contributed by atoms with Gasteiger partial charge >= 0.3 is 0 Å². The molecule has 158 valence electrons. The first-order valence-electron chi connectivity index (χ1n) is 10.9. The topological polar surface area (TPSA) is 55.6 Å². The molecule has 33 heavy (non-hydrogen) atoms. The zero-order valence-corrected chi connectivity index (χ0v) is 18.1. The summed E-state index contributed by atoms with van der Waals surface area (Å²) in [6, 6.07) is 33.0. The normalized spacial score (nSPS) is 11.2. The van der Waals surface area contributed by atoms with Crippen LogP contribution in [0.4, 0.5) is 11.5 Å². The van der Waals surface area contributed by atoms with Gasteiger partial charge in [0, 0.05) is 27.7 Å². The van der Waals surface area contributed by atoms with E-state index in [4.69, 9.17) is 0 Å². The number of fused-ring (bicyclic) bond motifs is 2. The van der Waals surface area contributed by atoms with Crippen molar-refractivity contribution >= 4 is 33.3 Å². The second-order valence-electron chi connectivity index (χ2n) is 8.09. The molecule has 0 spiro atoms. The number of nitrogens with zero attached hydrogens (tertiary/aromatic N) is 4. The molecule has 0 atom stereocenters. The largest absolute Gasteiger partial charge is 0.338 e. The zero-order chi connectivity index (χ0) is 22.2. The van der Waals surface area contributed by atoms with Gasteiger partial charge in [0.15, 0.2) is 5.82 Å². The third-order valence-electron chi connectivity index (χ3n) is 5.86. The van der Waals surface area contributed by atoms with Gasteiger partial charge in [0.05, 0.1) is 11.0 Å². The van der Waals surface area contributed by atoms with Crippen LogP contribution in [0.3, 0.4) is 0 Å². The van der Waals surface area contributed by atoms with Gasteiger partial charge in [0.25, 0.3) is 0 Å². The minimum absolute atomic E-state index is 0.725. The van der Waals surface area contributed by atoms with E-state index in [9.17, 15) is 0 Å². The van der Waals surface area contributed by atoms with E-state index >= 15 is 0 Å². The molecule has 0 amide bonds. The molecule has 4 aromatic carbocycles. The standard InChI is InChI=1S/C28H21N5/c1-19-11-14-22(15-12-19)33-18-29-25-17-21(13-16-26(25)33)30-28-24-10-6-5-9-23(24)27(31-32-28)20-7-3-2-4-8-20/h2-18H,1H3,(H,30,32). The number of rotatable bonds is 4. The SMILES string of the molecule is Cc1ccc(-n2cnc3cc(Nc4nnc(-c5ccccc5)c5ccccc45)ccc32)cc1. The average Bonchev–Trinajstić information content (AvgIpc) is 3.28. The number of anilines is 2. The molecule has 0 aliphatic carbocycles. The lowest BCUT2D eigenvalue weighted by molar-refractivity contribution is 1.06. The van der Waals surface area contributed by atoms with Crippen LogP contribution in [-0.2, 0) is 0 Å². The zero-order valence-electron chi connectivity index (χ0n) is 18.1. The highest BCUT2D eigenvalue weighted by atomic mass is 15.2. The summed E-state index contributed by atoms with van der Waals surface area (Å²) in [5.41, 5.74) is 7.15. The van der Waals surface area contributed by atoms with Crippen LogP contribution in [0.25, 0.3) is 38.8 Å². The number of benzene rings is 4. The highest BCUT2D eigenvalue weighted by Crippen LogP contribution is 2.31. The van der Waals surface area contributed by atoms with Crippen LogP contribution in [0.5, 0.6) is 0 Å². The lowest BCUT2D eigenvalue weighted by Crippen LogP contribution is -1.99. The molecule has 0 aliphatic rings. The van der Waals surface area contributed by atoms with Crippen LogP contribution in [0.1, 0.15) is 5.56 Å². The van der Waals surface area contributed by atoms with E-state index in [1.165, 1.54) is 5.56 Å². The first-order valence-corrected chi connectivity index (χ1v) is 10.9. The Kier molecular flexibility index (Phi) is 4.58. The van der Waals surface area contributed by atoms with Crippen molar-refractivity contribution in [2.45, 2.75) is 6.92 Å². The number of imidazole rings is 1. The van der Waals surface area contributed by atoms with E-state index in [1.54, 1.807) is 0 Å². The molecule has 0 unspecified atom stereocenters. The lowest BCUT2D eigenvalue weighted by atomic mass is 10.0. The van der Waals surface area contributed by atoms with Gasteiger partial charge in [-0.05, 0) is 37.3 Å². The summed E-state index contributed by atoms with van der Waals surface area (Å²) in [6.45, 7) is 2.09. The van der Waals surface area contributed by atoms with Crippen molar-refractivity contribution in [2.75, 3.05) is 5.32 Å². The van der Waals surface area contributed by atoms with Gasteiger partial charge < -0.3 is 5.32 Å². The highest BCUT2D eigenvalue weighted by molar-refractivity contribution is 6.01. The maximum Gasteiger partial charge on any atom is 0.161 e. The van der Waals surface area contributed by atoms with Crippen molar-refractivity contribution in [3.05, 3.63) is 109 Å². The summed E-state index contributed by atoms with van der Waals surface area (Å²) in [4.78, 5) is 4.62. The molecule has 5 nitrogen and oxygen atoms in total. The minimum atomic E-state index is 0.725. The van der Waals surface area contributed by atoms with E-state index in [0.29, 0.717) is 0 Å². The second kappa shape index (κ2) is 7.88. The van der Waals surface area contributed by atoms with Gasteiger partial charge in [-0.3, -0.25) is 4.57 Å². The van der Waals surface area contributed by atoms with Gasteiger partial charge in [-0.2, -0.15) is 0 Å². The van der Waals surface area contributed by atoms with E-state index in [-0.39, 0.29) is 0 Å². The van der Waals surface area contributed by atoms with Crippen LogP contribution in [0.2, 0.25) is 0 Å². The maximum atomic E-state index is 4.62. The van der Waals surface area contributed by atoms with Crippen molar-refractivity contribution in [1.29, 1.82) is 0 Å². The Morgan fingerprint density at radius 2 is 1.48 bits per heavy atom. The smallest absolute Gasteiger partial charge is 0.161 e. The average molecular weight is 428 g/mol. The quantitative estimate of drug-likeness (QED) is 0.341. The fraction of sp³-hybridized carbons (Fsp3) is 0.0357. The van der Waals surface area contributed by atoms with Crippen LogP contribution in [0.15, 0.2) is 103 Å². The molecule has 1 N–H and O–H groups in total. The van der Waals surface area contributed by atoms with Crippen molar-refractivity contribution in [3.63, 3.8) is 0 Å². The Hall–Kier alpha value is -4.51. The van der Waals surface area contributed by atoms with Crippen LogP contribution < -0.4 is 5.32 Å². The summed E-state index contributed by atoms with van der Waals surface area (Å²) < 4.78 is 2.10. The number of hydrogen-bond donors (Lipinski definition) is 1. The fourth-order valence-electron chi connectivity index (χ4n) is 4.14. The first-order chi connectivity index (χ1) is 16.3. The number of aromatic nitrogens is 4. The molecular formula is C28H21N5. The lowest BCUT2D eigenvalue weighted by Gasteiger charge is -2.11. The van der Waals surface area contributed by atoms with Crippen LogP contribution in [0, 0.1) is 6.92 Å². The van der Waals surface area contributed by atoms with Gasteiger partial charge in [0.1, 0.15) is 12.0 Å². The molecule has 0 saturated carbocycles. The van der Waals surface area contributed by atoms with E-state index in [2.05, 4.69) is 92.7 Å². The second-order valence-corrected chi connectivity index (χ2v) is 8.09. The summed E-state index contributed by atoms with van der Waals surface area (Å²) in [5.74, 6) is 0.725. The van der Waals surface area contributed by atoms with Gasteiger partial charge in [-0.15, -0.1) is 10.2 Å². The summed E-state index contributed by atoms with van der Waals surface area (Å²) >= 11 is 0. The number of nitrogens with one attached hydrogen (secondary N) is 1. The van der Waals surface area contributed by atoms with Crippen molar-refractivity contribution in [2.24, 2.45) is 0 Å². The van der Waals surface area contributed by atoms with Crippen LogP contribution in [-0.4, -0.2) is 19.7 Å². The summed E-state index contributed by atoms with van der Waals surface area (Å²) in [5, 5.41) is 14.6. The maximum absolute atomic E-state index is 4.62. The van der Waals surface area contributed by atoms with Gasteiger partial charge in [0.2, 0.25) is 0 Å². The number of aryl methyl sites for hydroxylation is 1. The molecule has 2 heterocycles. The Morgan fingerprint density at radius 3 is 2.30 bits per heavy atom. The van der Waals surface area contributed by atoms with Crippen LogP contribution >= 0.6 is 0 Å². The van der Waals surface area contributed by atoms with Crippen molar-refractivity contribution < 1.29 is 0 Å². The van der Waals surface area contributed by atoms with E-state index in [0.717, 1.165) is 50.3 Å². The molecular weight excluding hydrogens is 406 g/mol. The Balaban J connectivity index is 1.38. The summed E-state index contributed by atoms with van der Waals surface area (Å²) in [7, 11) is 0. The predicted octanol–water partition coefficient (Wildman–Crippen LogP) is 6.69. The highest BCUT2D eigenvalue weighted by Gasteiger charge is 2.12. The molecule has 0 bridgehead atoms. The molecule has 0 fully saturated rings. The fourth-order valence-corrected chi connectivity index (χ4v) is 4.14. The molecule has 0 radical (unpaired) electrons. The molecule has 0 saturated heterocycles. The molecule has 0 aliphatic heterocycles. The van der Waals surface area contributed by atoms with Crippen molar-refractivity contribution in [1.82, 2.24) is 19.7 Å². The van der Waals surface area contributed by atoms with Gasteiger partial charge in [-0.1, -0.05) is 72.3 Å². The molecule has 5 heteroatoms. The Bertz CT molecular complexity index is 1580. The monoisotopic (exact) mass is 427 g/mol. The third-order valence-corrected chi connectivity index (χ3v) is 5.86. The van der Waals surface area contributed by atoms with E-state index in [1.807, 2.05) is 42.7 Å². The van der Waals surface area contributed by atoms with Gasteiger partial charge in [-0.25, -0.2) is 4.98 Å². The third kappa shape index (κ3) is 3.49. The number of hydrogen-bond acceptors (Lipinski definition) is 4. The Labute approximate surface area is 191 Å². The predicted molar refractivity (Wildman–Crippen MR) is 134 cm³/mol. The Morgan fingerprint density at radius 1 is 0.727 bits per heavy atom. The molecule has 6 rings (SSSR count). The first kappa shape index (κ1) is 19.2. The molecule has 6 aromatic rings. The minimum Gasteiger partial charge on any atom is -0.338 e.